The molecule has 0 saturated carbocycles. The van der Waals surface area contributed by atoms with E-state index < -0.39 is 0 Å². The van der Waals surface area contributed by atoms with Gasteiger partial charge in [-0.15, -0.1) is 0 Å². The zero-order valence-corrected chi connectivity index (χ0v) is 6.06. The lowest BCUT2D eigenvalue weighted by molar-refractivity contribution is 0.221. The van der Waals surface area contributed by atoms with Gasteiger partial charge in [-0.2, -0.15) is 0 Å². The first-order valence-electron chi connectivity index (χ1n) is 3.76. The summed E-state index contributed by atoms with van der Waals surface area (Å²) in [7, 11) is 0. The third-order valence-electron chi connectivity index (χ3n) is 2.03. The second-order valence-corrected chi connectivity index (χ2v) is 2.71. The van der Waals surface area contributed by atoms with Gasteiger partial charge in [0.1, 0.15) is 0 Å². The summed E-state index contributed by atoms with van der Waals surface area (Å²) in [6.07, 6.45) is 2.15. The fourth-order valence-corrected chi connectivity index (χ4v) is 1.25. The molecule has 0 aromatic carbocycles. The van der Waals surface area contributed by atoms with Gasteiger partial charge in [-0.3, -0.25) is 5.73 Å². The molecule has 1 aliphatic rings. The molecule has 0 unspecified atom stereocenters. The topological polar surface area (TPSA) is 27.0 Å². The van der Waals surface area contributed by atoms with Crippen LogP contribution in [-0.4, -0.2) is 30.6 Å². The number of rotatable bonds is 1. The van der Waals surface area contributed by atoms with Crippen LogP contribution in [0.25, 0.3) is 0 Å². The molecule has 0 bridgehead atoms. The van der Waals surface area contributed by atoms with E-state index in [0.717, 1.165) is 32.5 Å². The largest absolute Gasteiger partial charge is 0.303 e. The third kappa shape index (κ3) is 1.95. The van der Waals surface area contributed by atoms with E-state index in [9.17, 15) is 0 Å². The molecule has 1 saturated heterocycles. The molecular weight excluding hydrogens is 112 g/mol. The molecule has 1 rings (SSSR count). The van der Waals surface area contributed by atoms with Gasteiger partial charge in [-0.1, -0.05) is 6.92 Å². The number of hydrogen-bond acceptors (Lipinski definition) is 1. The molecule has 1 heterocycles. The number of piperidine rings is 1. The molecule has 9 heavy (non-hydrogen) atoms. The molecule has 1 N–H and O–H groups in total. The van der Waals surface area contributed by atoms with Gasteiger partial charge in [0.05, 0.1) is 0 Å². The number of nitrogens with one attached hydrogen (secondary N) is 1. The highest BCUT2D eigenvalue weighted by Crippen LogP contribution is 2.07. The minimum Gasteiger partial charge on any atom is -0.303 e. The van der Waals surface area contributed by atoms with E-state index in [2.05, 4.69) is 11.8 Å². The highest BCUT2D eigenvalue weighted by molar-refractivity contribution is 4.72. The molecule has 0 spiro atoms. The molecule has 0 atom stereocenters. The van der Waals surface area contributed by atoms with Crippen LogP contribution in [0.2, 0.25) is 0 Å². The van der Waals surface area contributed by atoms with E-state index in [0.29, 0.717) is 0 Å². The van der Waals surface area contributed by atoms with Crippen molar-refractivity contribution in [2.24, 2.45) is 0 Å². The van der Waals surface area contributed by atoms with E-state index in [1.165, 1.54) is 0 Å². The molecule has 53 valence electrons. The number of likely N-dealkylation sites (tertiary alicyclic amines) is 1. The maximum atomic E-state index is 7.41. The van der Waals surface area contributed by atoms with Crippen LogP contribution in [0.5, 0.6) is 0 Å². The Morgan fingerprint density at radius 1 is 1.44 bits per heavy atom. The van der Waals surface area contributed by atoms with Crippen LogP contribution in [0.1, 0.15) is 19.8 Å². The van der Waals surface area contributed by atoms with Crippen molar-refractivity contribution in [3.63, 3.8) is 0 Å². The van der Waals surface area contributed by atoms with Crippen molar-refractivity contribution in [1.82, 2.24) is 10.6 Å². The van der Waals surface area contributed by atoms with Crippen LogP contribution in [0.3, 0.4) is 0 Å². The van der Waals surface area contributed by atoms with Crippen molar-refractivity contribution >= 4 is 0 Å². The molecule has 2 nitrogen and oxygen atoms in total. The Labute approximate surface area is 57.0 Å². The van der Waals surface area contributed by atoms with Gasteiger partial charge in [-0.25, -0.2) is 0 Å². The molecule has 0 amide bonds. The summed E-state index contributed by atoms with van der Waals surface area (Å²) >= 11 is 0. The average Bonchev–Trinajstić information content (AvgIpc) is 1.90. The smallest absolute Gasteiger partial charge is 0.0237 e. The fourth-order valence-electron chi connectivity index (χ4n) is 1.25. The molecule has 2 heteroatoms. The van der Waals surface area contributed by atoms with E-state index in [-0.39, 0.29) is 6.04 Å². The van der Waals surface area contributed by atoms with Gasteiger partial charge in [0.15, 0.2) is 0 Å². The number of hydrogen-bond donors (Lipinski definition) is 0. The molecule has 1 radical (unpaired) electrons. The molecule has 0 aromatic heterocycles. The summed E-state index contributed by atoms with van der Waals surface area (Å²) in [5.74, 6) is 0. The summed E-state index contributed by atoms with van der Waals surface area (Å²) in [5.41, 5.74) is 7.41. The highest BCUT2D eigenvalue weighted by atomic mass is 15.1. The lowest BCUT2D eigenvalue weighted by atomic mass is 10.1. The van der Waals surface area contributed by atoms with Gasteiger partial charge in [0.2, 0.25) is 0 Å². The first-order chi connectivity index (χ1) is 4.33. The second kappa shape index (κ2) is 3.18. The molecule has 0 aromatic rings. The van der Waals surface area contributed by atoms with Crippen molar-refractivity contribution in [1.29, 1.82) is 0 Å². The Morgan fingerprint density at radius 2 is 2.00 bits per heavy atom. The van der Waals surface area contributed by atoms with Crippen LogP contribution in [-0.2, 0) is 0 Å². The van der Waals surface area contributed by atoms with Crippen LogP contribution >= 0.6 is 0 Å². The average molecular weight is 127 g/mol. The van der Waals surface area contributed by atoms with E-state index in [1.807, 2.05) is 0 Å². The predicted molar refractivity (Wildman–Crippen MR) is 38.2 cm³/mol. The predicted octanol–water partition coefficient (Wildman–Crippen LogP) is 0.754. The normalized spacial score (nSPS) is 24.7. The molecular formula is C7H15N2. The zero-order valence-electron chi connectivity index (χ0n) is 6.06. The van der Waals surface area contributed by atoms with Gasteiger partial charge >= 0.3 is 0 Å². The van der Waals surface area contributed by atoms with Crippen LogP contribution < -0.4 is 5.73 Å². The van der Waals surface area contributed by atoms with E-state index >= 15 is 0 Å². The summed E-state index contributed by atoms with van der Waals surface area (Å²) in [5, 5.41) is 0. The Morgan fingerprint density at radius 3 is 2.44 bits per heavy atom. The Balaban J connectivity index is 2.18. The second-order valence-electron chi connectivity index (χ2n) is 2.71. The van der Waals surface area contributed by atoms with Gasteiger partial charge in [0, 0.05) is 6.04 Å². The van der Waals surface area contributed by atoms with Gasteiger partial charge in [0.25, 0.3) is 0 Å². The molecule has 1 fully saturated rings. The van der Waals surface area contributed by atoms with Crippen LogP contribution in [0.4, 0.5) is 0 Å². The standard InChI is InChI=1S/C7H15N2/c1-2-9-5-3-7(8)4-6-9/h7-8H,2-6H2,1H3. The quantitative estimate of drug-likeness (QED) is 0.510. The zero-order chi connectivity index (χ0) is 6.69. The highest BCUT2D eigenvalue weighted by Gasteiger charge is 2.13. The fraction of sp³-hybridized carbons (Fsp3) is 1.00. The van der Waals surface area contributed by atoms with Crippen molar-refractivity contribution in [2.45, 2.75) is 25.8 Å². The lowest BCUT2D eigenvalue weighted by Gasteiger charge is -2.28. The van der Waals surface area contributed by atoms with Crippen molar-refractivity contribution < 1.29 is 0 Å². The minimum atomic E-state index is 0.229. The van der Waals surface area contributed by atoms with Gasteiger partial charge in [-0.05, 0) is 32.5 Å². The summed E-state index contributed by atoms with van der Waals surface area (Å²) in [6, 6.07) is 0.229. The summed E-state index contributed by atoms with van der Waals surface area (Å²) in [4.78, 5) is 2.41. The monoisotopic (exact) mass is 127 g/mol. The van der Waals surface area contributed by atoms with Gasteiger partial charge < -0.3 is 4.90 Å². The molecule has 0 aliphatic carbocycles. The maximum absolute atomic E-state index is 7.41. The van der Waals surface area contributed by atoms with E-state index in [4.69, 9.17) is 5.73 Å². The van der Waals surface area contributed by atoms with Crippen molar-refractivity contribution in [3.05, 3.63) is 0 Å². The third-order valence-corrected chi connectivity index (χ3v) is 2.03. The maximum Gasteiger partial charge on any atom is 0.0237 e. The first-order valence-corrected chi connectivity index (χ1v) is 3.76. The van der Waals surface area contributed by atoms with Crippen LogP contribution in [0.15, 0.2) is 0 Å². The summed E-state index contributed by atoms with van der Waals surface area (Å²) < 4.78 is 0. The molecule has 1 aliphatic heterocycles. The van der Waals surface area contributed by atoms with E-state index in [1.54, 1.807) is 0 Å². The Hall–Kier alpha value is -0.0800. The minimum absolute atomic E-state index is 0.229. The Kier molecular flexibility index (Phi) is 2.49. The van der Waals surface area contributed by atoms with Crippen molar-refractivity contribution in [3.8, 4) is 0 Å². The Bertz CT molecular complexity index is 75.0. The summed E-state index contributed by atoms with van der Waals surface area (Å²) in [6.45, 7) is 5.63. The van der Waals surface area contributed by atoms with Crippen LogP contribution in [0, 0.1) is 0 Å². The lowest BCUT2D eigenvalue weighted by Crippen LogP contribution is -2.36. The van der Waals surface area contributed by atoms with Crippen molar-refractivity contribution in [2.75, 3.05) is 19.6 Å². The first kappa shape index (κ1) is 7.03. The SMILES string of the molecule is CCN1CCC([NH])CC1. The number of nitrogens with zero attached hydrogens (tertiary/aromatic N) is 1.